The zero-order valence-corrected chi connectivity index (χ0v) is 22.5. The fraction of sp³-hybridized carbons (Fsp3) is 0.290. The van der Waals surface area contributed by atoms with Gasteiger partial charge in [-0.3, -0.25) is 9.69 Å². The van der Waals surface area contributed by atoms with E-state index in [1.807, 2.05) is 42.5 Å². The molecule has 194 valence electrons. The number of carbonyl (C=O) groups excluding carboxylic acids is 1. The molecule has 0 N–H and O–H groups in total. The predicted octanol–water partition coefficient (Wildman–Crippen LogP) is 6.55. The monoisotopic (exact) mass is 526 g/mol. The third kappa shape index (κ3) is 5.38. The Balaban J connectivity index is 1.47. The summed E-state index contributed by atoms with van der Waals surface area (Å²) in [6.07, 6.45) is 3.74. The van der Waals surface area contributed by atoms with Gasteiger partial charge in [0.1, 0.15) is 29.9 Å². The molecule has 0 amide bonds. The van der Waals surface area contributed by atoms with Crippen molar-refractivity contribution in [2.75, 3.05) is 40.5 Å². The first-order chi connectivity index (χ1) is 18.6. The lowest BCUT2D eigenvalue weighted by Crippen LogP contribution is -2.33. The van der Waals surface area contributed by atoms with Crippen molar-refractivity contribution in [2.45, 2.75) is 19.3 Å². The Morgan fingerprint density at radius 1 is 0.947 bits per heavy atom. The van der Waals surface area contributed by atoms with Gasteiger partial charge in [-0.05, 0) is 92.2 Å². The third-order valence-electron chi connectivity index (χ3n) is 6.95. The number of fused-ring (bicyclic) bond motifs is 1. The van der Waals surface area contributed by atoms with Gasteiger partial charge in [0.25, 0.3) is 0 Å². The van der Waals surface area contributed by atoms with E-state index >= 15 is 0 Å². The van der Waals surface area contributed by atoms with Gasteiger partial charge in [0.05, 0.1) is 19.8 Å². The Morgan fingerprint density at radius 2 is 1.68 bits per heavy atom. The van der Waals surface area contributed by atoms with Gasteiger partial charge in [0.2, 0.25) is 0 Å². The smallest absolute Gasteiger partial charge is 0.195 e. The number of nitrogens with zero attached hydrogens (tertiary/aromatic N) is 2. The molecule has 0 radical (unpaired) electrons. The maximum absolute atomic E-state index is 14.0. The summed E-state index contributed by atoms with van der Waals surface area (Å²) in [4.78, 5) is 17.2. The minimum absolute atomic E-state index is 0.136. The summed E-state index contributed by atoms with van der Waals surface area (Å²) in [5.41, 5.74) is 2.35. The number of rotatable bonds is 9. The molecule has 0 saturated carbocycles. The molecule has 0 spiro atoms. The lowest BCUT2D eigenvalue weighted by atomic mass is 9.96. The molecular formula is C31H30N2O4S. The van der Waals surface area contributed by atoms with Crippen molar-refractivity contribution in [3.63, 3.8) is 0 Å². The maximum atomic E-state index is 14.0. The SMILES string of the molecule is COc1ccc(-c2sc3cc(OC)ccc3c2C(=O)c2ccc(OCCN3CCCCC3)c(C#N)c2)cc1. The van der Waals surface area contributed by atoms with Crippen LogP contribution in [0.25, 0.3) is 20.5 Å². The molecule has 6 nitrogen and oxygen atoms in total. The van der Waals surface area contributed by atoms with Gasteiger partial charge < -0.3 is 14.2 Å². The van der Waals surface area contributed by atoms with Crippen molar-refractivity contribution in [2.24, 2.45) is 0 Å². The van der Waals surface area contributed by atoms with Crippen LogP contribution in [0.4, 0.5) is 0 Å². The highest BCUT2D eigenvalue weighted by molar-refractivity contribution is 7.22. The molecule has 0 atom stereocenters. The number of hydrogen-bond acceptors (Lipinski definition) is 7. The van der Waals surface area contributed by atoms with E-state index in [1.54, 1.807) is 43.8 Å². The van der Waals surface area contributed by atoms with Crippen molar-refractivity contribution in [3.8, 4) is 33.8 Å². The molecule has 5 rings (SSSR count). The molecule has 0 unspecified atom stereocenters. The number of carbonyl (C=O) groups is 1. The summed E-state index contributed by atoms with van der Waals surface area (Å²) in [6.45, 7) is 3.54. The number of likely N-dealkylation sites (tertiary alicyclic amines) is 1. The van der Waals surface area contributed by atoms with Gasteiger partial charge in [-0.15, -0.1) is 11.3 Å². The van der Waals surface area contributed by atoms with Crippen LogP contribution in [0.1, 0.15) is 40.7 Å². The lowest BCUT2D eigenvalue weighted by Gasteiger charge is -2.26. The van der Waals surface area contributed by atoms with Gasteiger partial charge >= 0.3 is 0 Å². The van der Waals surface area contributed by atoms with Crippen LogP contribution in [0.3, 0.4) is 0 Å². The second-order valence-electron chi connectivity index (χ2n) is 9.30. The fourth-order valence-electron chi connectivity index (χ4n) is 4.87. The van der Waals surface area contributed by atoms with Crippen molar-refractivity contribution in [1.29, 1.82) is 5.26 Å². The minimum atomic E-state index is -0.136. The van der Waals surface area contributed by atoms with E-state index in [0.717, 1.165) is 51.7 Å². The standard InChI is InChI=1S/C31H30N2O4S/c1-35-24-9-6-21(7-10-24)31-29(26-12-11-25(36-2)19-28(26)38-31)30(34)22-8-13-27(23(18-22)20-32)37-17-16-33-14-4-3-5-15-33/h6-13,18-19H,3-5,14-17H2,1-2H3. The Morgan fingerprint density at radius 3 is 2.39 bits per heavy atom. The van der Waals surface area contributed by atoms with Gasteiger partial charge in [0, 0.05) is 32.6 Å². The van der Waals surface area contributed by atoms with E-state index in [1.165, 1.54) is 19.3 Å². The molecule has 2 heterocycles. The van der Waals surface area contributed by atoms with Gasteiger partial charge in [-0.1, -0.05) is 6.42 Å². The van der Waals surface area contributed by atoms with E-state index in [0.29, 0.717) is 29.0 Å². The van der Waals surface area contributed by atoms with E-state index in [2.05, 4.69) is 11.0 Å². The third-order valence-corrected chi connectivity index (χ3v) is 8.15. The first-order valence-corrected chi connectivity index (χ1v) is 13.6. The van der Waals surface area contributed by atoms with Gasteiger partial charge in [0.15, 0.2) is 5.78 Å². The summed E-state index contributed by atoms with van der Waals surface area (Å²) in [7, 11) is 3.26. The van der Waals surface area contributed by atoms with Crippen LogP contribution in [0.2, 0.25) is 0 Å². The van der Waals surface area contributed by atoms with Crippen LogP contribution in [0, 0.1) is 11.3 Å². The average Bonchev–Trinajstić information content (AvgIpc) is 3.36. The van der Waals surface area contributed by atoms with Crippen LogP contribution >= 0.6 is 11.3 Å². The maximum Gasteiger partial charge on any atom is 0.195 e. The molecule has 38 heavy (non-hydrogen) atoms. The van der Waals surface area contributed by atoms with Crippen LogP contribution in [0.5, 0.6) is 17.2 Å². The number of hydrogen-bond donors (Lipinski definition) is 0. The Bertz CT molecular complexity index is 1480. The zero-order chi connectivity index (χ0) is 26.5. The molecule has 1 fully saturated rings. The van der Waals surface area contributed by atoms with Crippen LogP contribution < -0.4 is 14.2 Å². The largest absolute Gasteiger partial charge is 0.497 e. The van der Waals surface area contributed by atoms with E-state index < -0.39 is 0 Å². The normalized spacial score (nSPS) is 13.7. The highest BCUT2D eigenvalue weighted by Crippen LogP contribution is 2.42. The highest BCUT2D eigenvalue weighted by Gasteiger charge is 2.23. The summed E-state index contributed by atoms with van der Waals surface area (Å²) in [5.74, 6) is 1.86. The van der Waals surface area contributed by atoms with Gasteiger partial charge in [-0.2, -0.15) is 5.26 Å². The summed E-state index contributed by atoms with van der Waals surface area (Å²) in [5, 5.41) is 10.7. The molecule has 7 heteroatoms. The van der Waals surface area contributed by atoms with Gasteiger partial charge in [-0.25, -0.2) is 0 Å². The van der Waals surface area contributed by atoms with E-state index in [9.17, 15) is 10.1 Å². The predicted molar refractivity (Wildman–Crippen MR) is 151 cm³/mol. The van der Waals surface area contributed by atoms with Crippen LogP contribution in [-0.4, -0.2) is 51.1 Å². The Labute approximate surface area is 227 Å². The Hall–Kier alpha value is -3.86. The van der Waals surface area contributed by atoms with Crippen molar-refractivity contribution < 1.29 is 19.0 Å². The first kappa shape index (κ1) is 25.8. The van der Waals surface area contributed by atoms with Crippen LogP contribution in [0.15, 0.2) is 60.7 Å². The molecule has 1 aliphatic rings. The second-order valence-corrected chi connectivity index (χ2v) is 10.4. The van der Waals surface area contributed by atoms with Crippen molar-refractivity contribution in [3.05, 3.63) is 77.4 Å². The van der Waals surface area contributed by atoms with E-state index in [4.69, 9.17) is 14.2 Å². The molecule has 1 saturated heterocycles. The summed E-state index contributed by atoms with van der Waals surface area (Å²) < 4.78 is 17.7. The number of nitriles is 1. The zero-order valence-electron chi connectivity index (χ0n) is 21.7. The average molecular weight is 527 g/mol. The molecule has 0 bridgehead atoms. The molecule has 1 aromatic heterocycles. The number of ether oxygens (including phenoxy) is 3. The summed E-state index contributed by atoms with van der Waals surface area (Å²) in [6, 6.07) is 20.8. The molecule has 1 aliphatic heterocycles. The number of thiophene rings is 1. The highest BCUT2D eigenvalue weighted by atomic mass is 32.1. The quantitative estimate of drug-likeness (QED) is 0.230. The molecule has 3 aromatic carbocycles. The molecule has 0 aliphatic carbocycles. The number of benzene rings is 3. The van der Waals surface area contributed by atoms with Crippen LogP contribution in [-0.2, 0) is 0 Å². The molecule has 4 aromatic rings. The Kier molecular flexibility index (Phi) is 7.92. The fourth-order valence-corrected chi connectivity index (χ4v) is 6.11. The topological polar surface area (TPSA) is 71.8 Å². The van der Waals surface area contributed by atoms with Crippen molar-refractivity contribution in [1.82, 2.24) is 4.90 Å². The number of piperidine rings is 1. The summed E-state index contributed by atoms with van der Waals surface area (Å²) >= 11 is 1.54. The number of methoxy groups -OCH3 is 2. The number of ketones is 1. The lowest BCUT2D eigenvalue weighted by molar-refractivity contribution is 0.104. The second kappa shape index (κ2) is 11.7. The minimum Gasteiger partial charge on any atom is -0.497 e. The van der Waals surface area contributed by atoms with E-state index in [-0.39, 0.29) is 5.78 Å². The molecular weight excluding hydrogens is 496 g/mol. The first-order valence-electron chi connectivity index (χ1n) is 12.8. The van der Waals surface area contributed by atoms with Crippen molar-refractivity contribution >= 4 is 27.2 Å².